The topological polar surface area (TPSA) is 147 Å². The Morgan fingerprint density at radius 2 is 1.86 bits per heavy atom. The second kappa shape index (κ2) is 9.89. The number of hydrogen-bond acceptors (Lipinski definition) is 9. The summed E-state index contributed by atoms with van der Waals surface area (Å²) >= 11 is 0. The third-order valence-electron chi connectivity index (χ3n) is 6.83. The molecule has 0 aliphatic heterocycles. The molecule has 0 radical (unpaired) electrons. The summed E-state index contributed by atoms with van der Waals surface area (Å²) in [6, 6.07) is 14.8. The fraction of sp³-hybridized carbons (Fsp3) is 0.333. The number of aliphatic hydroxyl groups is 3. The van der Waals surface area contributed by atoms with Gasteiger partial charge in [0.2, 0.25) is 5.95 Å². The van der Waals surface area contributed by atoms with Gasteiger partial charge in [0.1, 0.15) is 11.9 Å². The number of aromatic amines is 1. The summed E-state index contributed by atoms with van der Waals surface area (Å²) in [7, 11) is 1.57. The van der Waals surface area contributed by atoms with E-state index in [-0.39, 0.29) is 0 Å². The lowest BCUT2D eigenvalue weighted by Gasteiger charge is -2.28. The summed E-state index contributed by atoms with van der Waals surface area (Å²) < 4.78 is 5.25. The predicted molar refractivity (Wildman–Crippen MR) is 139 cm³/mol. The van der Waals surface area contributed by atoms with E-state index < -0.39 is 29.8 Å². The molecule has 4 atom stereocenters. The van der Waals surface area contributed by atoms with E-state index in [1.165, 1.54) is 0 Å². The van der Waals surface area contributed by atoms with Crippen LogP contribution in [0.1, 0.15) is 20.3 Å². The van der Waals surface area contributed by atoms with Crippen molar-refractivity contribution >= 4 is 28.4 Å². The summed E-state index contributed by atoms with van der Waals surface area (Å²) in [5.41, 5.74) is 1.71. The molecule has 0 spiro atoms. The third-order valence-corrected chi connectivity index (χ3v) is 6.83. The largest absolute Gasteiger partial charge is 0.448 e. The number of rotatable bonds is 7. The van der Waals surface area contributed by atoms with Crippen LogP contribution >= 0.6 is 0 Å². The molecule has 1 aromatic carbocycles. The Hall–Kier alpha value is -3.86. The molecule has 10 heteroatoms. The molecule has 0 saturated heterocycles. The van der Waals surface area contributed by atoms with E-state index in [1.807, 2.05) is 42.5 Å². The number of benzene rings is 1. The number of pyridine rings is 2. The lowest BCUT2D eigenvalue weighted by molar-refractivity contribution is -0.392. The van der Waals surface area contributed by atoms with Crippen molar-refractivity contribution < 1.29 is 25.0 Å². The normalized spacial score (nSPS) is 21.7. The number of hydrogen-bond donors (Lipinski definition) is 5. The standard InChI is InChI=1S/C27H30N6O4/c1-27(2,36)18-13-21(24(35)23(18)34)32-25-17(20-9-8-15-6-4-5-7-19(15)31-20)14-29-26(33-25)30-16-10-11-28-22(12-16)37-3/h4-12,14,18,21,23-24,34-36H,13H2,1-3H3,(H2,28,29,30,32,33)/p+1/t18-,21+,23+,24-/m0/s1. The van der Waals surface area contributed by atoms with Gasteiger partial charge in [-0.3, -0.25) is 0 Å². The molecule has 3 heterocycles. The van der Waals surface area contributed by atoms with Gasteiger partial charge in [-0.15, -0.1) is 0 Å². The fourth-order valence-electron chi connectivity index (χ4n) is 4.78. The lowest BCUT2D eigenvalue weighted by Crippen LogP contribution is -2.40. The lowest BCUT2D eigenvalue weighted by atomic mass is 9.88. The van der Waals surface area contributed by atoms with E-state index in [0.717, 1.165) is 16.6 Å². The van der Waals surface area contributed by atoms with Crippen LogP contribution in [0, 0.1) is 5.92 Å². The van der Waals surface area contributed by atoms with Crippen molar-refractivity contribution in [2.24, 2.45) is 5.92 Å². The van der Waals surface area contributed by atoms with Crippen molar-refractivity contribution in [3.63, 3.8) is 0 Å². The number of anilines is 3. The molecule has 0 unspecified atom stereocenters. The minimum Gasteiger partial charge on any atom is -0.448 e. The van der Waals surface area contributed by atoms with E-state index in [4.69, 9.17) is 14.7 Å². The van der Waals surface area contributed by atoms with Crippen LogP contribution in [0.2, 0.25) is 0 Å². The van der Waals surface area contributed by atoms with E-state index in [0.29, 0.717) is 35.3 Å². The predicted octanol–water partition coefficient (Wildman–Crippen LogP) is 2.55. The Morgan fingerprint density at radius 3 is 2.62 bits per heavy atom. The van der Waals surface area contributed by atoms with Crippen LogP contribution in [-0.2, 0) is 0 Å². The van der Waals surface area contributed by atoms with Crippen LogP contribution < -0.4 is 20.4 Å². The first-order valence-electron chi connectivity index (χ1n) is 12.1. The first-order valence-corrected chi connectivity index (χ1v) is 12.1. The SMILES string of the molecule is COc1cc(Nc2ncc(-c3ccc4ccccc4n3)c(N[C@@H]3C[C@H](C(C)(C)O)[C@@H](O)[C@H]3O)n2)cc[nH+]1. The van der Waals surface area contributed by atoms with Gasteiger partial charge >= 0.3 is 5.88 Å². The monoisotopic (exact) mass is 503 g/mol. The summed E-state index contributed by atoms with van der Waals surface area (Å²) in [4.78, 5) is 17.0. The van der Waals surface area contributed by atoms with Crippen molar-refractivity contribution in [1.82, 2.24) is 15.0 Å². The molecule has 3 aromatic heterocycles. The molecule has 0 amide bonds. The minimum atomic E-state index is -1.15. The first-order chi connectivity index (χ1) is 17.7. The maximum Gasteiger partial charge on any atom is 0.367 e. The summed E-state index contributed by atoms with van der Waals surface area (Å²) in [5, 5.41) is 39.4. The van der Waals surface area contributed by atoms with Crippen molar-refractivity contribution in [3.8, 4) is 17.1 Å². The van der Waals surface area contributed by atoms with E-state index in [9.17, 15) is 15.3 Å². The number of methoxy groups -OCH3 is 1. The van der Waals surface area contributed by atoms with Gasteiger partial charge in [-0.05, 0) is 32.4 Å². The highest BCUT2D eigenvalue weighted by Crippen LogP contribution is 2.37. The molecule has 1 saturated carbocycles. The molecule has 1 fully saturated rings. The summed E-state index contributed by atoms with van der Waals surface area (Å²) in [5.74, 6) is 0.838. The third kappa shape index (κ3) is 5.17. The van der Waals surface area contributed by atoms with Gasteiger partial charge in [-0.2, -0.15) is 9.97 Å². The van der Waals surface area contributed by atoms with Crippen LogP contribution in [0.15, 0.2) is 60.9 Å². The number of aromatic nitrogens is 4. The van der Waals surface area contributed by atoms with Crippen LogP contribution in [-0.4, -0.2) is 61.2 Å². The van der Waals surface area contributed by atoms with Crippen molar-refractivity contribution in [1.29, 1.82) is 0 Å². The maximum absolute atomic E-state index is 10.8. The Morgan fingerprint density at radius 1 is 1.05 bits per heavy atom. The number of H-pyrrole nitrogens is 1. The van der Waals surface area contributed by atoms with E-state index >= 15 is 0 Å². The van der Waals surface area contributed by atoms with E-state index in [1.54, 1.807) is 39.4 Å². The van der Waals surface area contributed by atoms with Gasteiger partial charge in [-0.1, -0.05) is 24.3 Å². The van der Waals surface area contributed by atoms with Gasteiger partial charge in [0.15, 0.2) is 6.20 Å². The number of aliphatic hydroxyl groups excluding tert-OH is 2. The Bertz CT molecular complexity index is 1410. The van der Waals surface area contributed by atoms with Crippen molar-refractivity contribution in [2.45, 2.75) is 44.1 Å². The summed E-state index contributed by atoms with van der Waals surface area (Å²) in [6.45, 7) is 3.28. The molecule has 37 heavy (non-hydrogen) atoms. The zero-order chi connectivity index (χ0) is 26.2. The highest BCUT2D eigenvalue weighted by atomic mass is 16.5. The van der Waals surface area contributed by atoms with Crippen LogP contribution in [0.3, 0.4) is 0 Å². The molecule has 6 N–H and O–H groups in total. The zero-order valence-corrected chi connectivity index (χ0v) is 20.9. The van der Waals surface area contributed by atoms with Crippen LogP contribution in [0.5, 0.6) is 5.88 Å². The average Bonchev–Trinajstić information content (AvgIpc) is 3.17. The van der Waals surface area contributed by atoms with Gasteiger partial charge in [0, 0.05) is 23.6 Å². The minimum absolute atomic E-state index is 0.326. The number of fused-ring (bicyclic) bond motifs is 1. The molecule has 1 aliphatic carbocycles. The Labute approximate surface area is 214 Å². The number of para-hydroxylation sites is 1. The van der Waals surface area contributed by atoms with Gasteiger partial charge < -0.3 is 30.7 Å². The quantitative estimate of drug-likeness (QED) is 0.257. The van der Waals surface area contributed by atoms with Crippen LogP contribution in [0.4, 0.5) is 17.5 Å². The second-order valence-corrected chi connectivity index (χ2v) is 9.84. The van der Waals surface area contributed by atoms with Gasteiger partial charge in [0.05, 0.1) is 53.4 Å². The smallest absolute Gasteiger partial charge is 0.367 e. The first kappa shape index (κ1) is 24.8. The van der Waals surface area contributed by atoms with Crippen LogP contribution in [0.25, 0.3) is 22.2 Å². The molecule has 192 valence electrons. The highest BCUT2D eigenvalue weighted by Gasteiger charge is 2.47. The molecule has 4 aromatic rings. The van der Waals surface area contributed by atoms with Crippen molar-refractivity contribution in [3.05, 3.63) is 60.9 Å². The molecular formula is C27H31N6O4+. The van der Waals surface area contributed by atoms with Gasteiger partial charge in [0.25, 0.3) is 0 Å². The molecule has 10 nitrogen and oxygen atoms in total. The zero-order valence-electron chi connectivity index (χ0n) is 20.9. The molecule has 0 bridgehead atoms. The number of nitrogens with one attached hydrogen (secondary N) is 3. The highest BCUT2D eigenvalue weighted by molar-refractivity contribution is 5.83. The number of ether oxygens (including phenoxy) is 1. The van der Waals surface area contributed by atoms with E-state index in [2.05, 4.69) is 20.6 Å². The average molecular weight is 504 g/mol. The fourth-order valence-corrected chi connectivity index (χ4v) is 4.78. The summed E-state index contributed by atoms with van der Waals surface area (Å²) in [6.07, 6.45) is 1.60. The molecular weight excluding hydrogens is 472 g/mol. The Balaban J connectivity index is 1.52. The molecule has 1 aliphatic rings. The van der Waals surface area contributed by atoms with Crippen molar-refractivity contribution in [2.75, 3.05) is 17.7 Å². The second-order valence-electron chi connectivity index (χ2n) is 9.84. The maximum atomic E-state index is 10.8. The van der Waals surface area contributed by atoms with Gasteiger partial charge in [-0.25, -0.2) is 9.97 Å². The molecule has 5 rings (SSSR count). The Kier molecular flexibility index (Phi) is 6.63. The number of nitrogens with zero attached hydrogens (tertiary/aromatic N) is 3.